The summed E-state index contributed by atoms with van der Waals surface area (Å²) in [5.41, 5.74) is 0. The van der Waals surface area contributed by atoms with Crippen molar-refractivity contribution >= 4 is 17.7 Å². The molecule has 2 aliphatic rings. The van der Waals surface area contributed by atoms with E-state index in [-0.39, 0.29) is 0 Å². The topological polar surface area (TPSA) is 32.3 Å². The minimum Gasteiger partial charge on any atom is -0.341 e. The maximum Gasteiger partial charge on any atom is 0.222 e. The highest BCUT2D eigenvalue weighted by molar-refractivity contribution is 7.99. The molecule has 0 spiro atoms. The molecular formula is C14H26N2OS. The summed E-state index contributed by atoms with van der Waals surface area (Å²) in [5.74, 6) is 3.51. The number of carbonyl (C=O) groups is 1. The molecule has 104 valence electrons. The number of likely N-dealkylation sites (N-methyl/N-ethyl adjacent to an activating group) is 1. The Morgan fingerprint density at radius 3 is 2.72 bits per heavy atom. The van der Waals surface area contributed by atoms with E-state index >= 15 is 0 Å². The largest absolute Gasteiger partial charge is 0.341 e. The maximum atomic E-state index is 12.3. The first kappa shape index (κ1) is 14.2. The van der Waals surface area contributed by atoms with Crippen molar-refractivity contribution in [3.8, 4) is 0 Å². The Labute approximate surface area is 115 Å². The average Bonchev–Trinajstić information content (AvgIpc) is 2.90. The van der Waals surface area contributed by atoms with Gasteiger partial charge in [-0.1, -0.05) is 0 Å². The molecule has 1 N–H and O–H groups in total. The third-order valence-corrected chi connectivity index (χ3v) is 5.19. The van der Waals surface area contributed by atoms with Crippen LogP contribution in [0.25, 0.3) is 0 Å². The lowest BCUT2D eigenvalue weighted by Gasteiger charge is -2.28. The Bertz CT molecular complexity index is 261. The lowest BCUT2D eigenvalue weighted by atomic mass is 9.98. The molecule has 0 bridgehead atoms. The van der Waals surface area contributed by atoms with Gasteiger partial charge in [-0.05, 0) is 56.6 Å². The van der Waals surface area contributed by atoms with Crippen LogP contribution in [-0.2, 0) is 4.79 Å². The first-order valence-corrected chi connectivity index (χ1v) is 8.54. The summed E-state index contributed by atoms with van der Waals surface area (Å²) in [5, 5.41) is 3.48. The molecule has 0 aliphatic carbocycles. The number of amides is 1. The second-order valence-corrected chi connectivity index (χ2v) is 6.71. The van der Waals surface area contributed by atoms with Crippen LogP contribution in [0.15, 0.2) is 0 Å². The second kappa shape index (κ2) is 7.39. The zero-order chi connectivity index (χ0) is 12.8. The van der Waals surface area contributed by atoms with Crippen LogP contribution in [0.1, 0.15) is 39.0 Å². The van der Waals surface area contributed by atoms with E-state index in [0.717, 1.165) is 26.1 Å². The van der Waals surface area contributed by atoms with Gasteiger partial charge in [0.05, 0.1) is 0 Å². The number of carbonyl (C=O) groups excluding carboxylic acids is 1. The van der Waals surface area contributed by atoms with Gasteiger partial charge in [-0.2, -0.15) is 11.8 Å². The predicted octanol–water partition coefficient (Wildman–Crippen LogP) is 2.12. The molecule has 0 aromatic carbocycles. The first-order chi connectivity index (χ1) is 8.79. The molecule has 2 rings (SSSR count). The minimum absolute atomic E-state index is 0.378. The van der Waals surface area contributed by atoms with Gasteiger partial charge in [-0.15, -0.1) is 0 Å². The maximum absolute atomic E-state index is 12.3. The Balaban J connectivity index is 1.76. The van der Waals surface area contributed by atoms with Crippen LogP contribution in [0, 0.1) is 5.92 Å². The molecule has 2 saturated heterocycles. The summed E-state index contributed by atoms with van der Waals surface area (Å²) in [6.45, 7) is 5.00. The fraction of sp³-hybridized carbons (Fsp3) is 0.929. The van der Waals surface area contributed by atoms with Crippen LogP contribution in [-0.4, -0.2) is 48.0 Å². The summed E-state index contributed by atoms with van der Waals surface area (Å²) < 4.78 is 0. The van der Waals surface area contributed by atoms with E-state index in [0.29, 0.717) is 17.9 Å². The number of nitrogens with zero attached hydrogens (tertiary/aromatic N) is 1. The van der Waals surface area contributed by atoms with Gasteiger partial charge in [0.1, 0.15) is 0 Å². The minimum atomic E-state index is 0.378. The van der Waals surface area contributed by atoms with Crippen molar-refractivity contribution in [2.45, 2.75) is 45.1 Å². The van der Waals surface area contributed by atoms with Crippen LogP contribution in [0.4, 0.5) is 0 Å². The fourth-order valence-corrected chi connectivity index (χ4v) is 4.12. The second-order valence-electron chi connectivity index (χ2n) is 5.49. The standard InChI is InChI=1S/C14H26N2OS/c1-2-16(11-13-4-3-7-15-13)14(17)10-12-5-8-18-9-6-12/h12-13,15H,2-11H2,1H3. The predicted molar refractivity (Wildman–Crippen MR) is 77.9 cm³/mol. The molecular weight excluding hydrogens is 244 g/mol. The van der Waals surface area contributed by atoms with E-state index < -0.39 is 0 Å². The van der Waals surface area contributed by atoms with Gasteiger partial charge in [0, 0.05) is 25.6 Å². The molecule has 4 heteroatoms. The summed E-state index contributed by atoms with van der Waals surface area (Å²) in [7, 11) is 0. The third kappa shape index (κ3) is 4.16. The van der Waals surface area contributed by atoms with Crippen molar-refractivity contribution in [1.82, 2.24) is 10.2 Å². The quantitative estimate of drug-likeness (QED) is 0.830. The SMILES string of the molecule is CCN(CC1CCCN1)C(=O)CC1CCSCC1. The van der Waals surface area contributed by atoms with Crippen molar-refractivity contribution in [1.29, 1.82) is 0 Å². The molecule has 18 heavy (non-hydrogen) atoms. The highest BCUT2D eigenvalue weighted by Gasteiger charge is 2.23. The van der Waals surface area contributed by atoms with Crippen molar-refractivity contribution in [2.75, 3.05) is 31.1 Å². The van der Waals surface area contributed by atoms with E-state index in [1.54, 1.807) is 0 Å². The molecule has 0 saturated carbocycles. The van der Waals surface area contributed by atoms with Crippen LogP contribution in [0.5, 0.6) is 0 Å². The summed E-state index contributed by atoms with van der Waals surface area (Å²) in [6.07, 6.45) is 5.73. The van der Waals surface area contributed by atoms with Crippen LogP contribution in [0.2, 0.25) is 0 Å². The summed E-state index contributed by atoms with van der Waals surface area (Å²) in [4.78, 5) is 14.4. The van der Waals surface area contributed by atoms with Gasteiger partial charge in [0.15, 0.2) is 0 Å². The van der Waals surface area contributed by atoms with Gasteiger partial charge < -0.3 is 10.2 Å². The molecule has 3 nitrogen and oxygen atoms in total. The van der Waals surface area contributed by atoms with Crippen LogP contribution >= 0.6 is 11.8 Å². The fourth-order valence-electron chi connectivity index (χ4n) is 2.91. The highest BCUT2D eigenvalue weighted by atomic mass is 32.2. The lowest BCUT2D eigenvalue weighted by Crippen LogP contribution is -2.41. The highest BCUT2D eigenvalue weighted by Crippen LogP contribution is 2.26. The van der Waals surface area contributed by atoms with E-state index in [1.165, 1.54) is 37.2 Å². The molecule has 1 amide bonds. The van der Waals surface area contributed by atoms with Crippen molar-refractivity contribution in [3.63, 3.8) is 0 Å². The smallest absolute Gasteiger partial charge is 0.222 e. The molecule has 2 aliphatic heterocycles. The molecule has 1 atom stereocenters. The van der Waals surface area contributed by atoms with E-state index in [9.17, 15) is 4.79 Å². The zero-order valence-corrected chi connectivity index (χ0v) is 12.3. The number of thioether (sulfide) groups is 1. The van der Waals surface area contributed by atoms with E-state index in [1.807, 2.05) is 11.8 Å². The van der Waals surface area contributed by atoms with Crippen LogP contribution < -0.4 is 5.32 Å². The lowest BCUT2D eigenvalue weighted by molar-refractivity contribution is -0.132. The van der Waals surface area contributed by atoms with E-state index in [4.69, 9.17) is 0 Å². The Hall–Kier alpha value is -0.220. The number of hydrogen-bond acceptors (Lipinski definition) is 3. The van der Waals surface area contributed by atoms with Gasteiger partial charge >= 0.3 is 0 Å². The number of rotatable bonds is 5. The van der Waals surface area contributed by atoms with Gasteiger partial charge in [-0.3, -0.25) is 4.79 Å². The average molecular weight is 270 g/mol. The number of hydrogen-bond donors (Lipinski definition) is 1. The van der Waals surface area contributed by atoms with Crippen molar-refractivity contribution in [2.24, 2.45) is 5.92 Å². The zero-order valence-electron chi connectivity index (χ0n) is 11.5. The molecule has 0 radical (unpaired) electrons. The Morgan fingerprint density at radius 2 is 2.11 bits per heavy atom. The molecule has 1 unspecified atom stereocenters. The summed E-state index contributed by atoms with van der Waals surface area (Å²) >= 11 is 2.03. The summed E-state index contributed by atoms with van der Waals surface area (Å²) in [6, 6.07) is 0.538. The Morgan fingerprint density at radius 1 is 1.33 bits per heavy atom. The molecule has 2 heterocycles. The molecule has 0 aromatic heterocycles. The van der Waals surface area contributed by atoms with Crippen molar-refractivity contribution < 1.29 is 4.79 Å². The van der Waals surface area contributed by atoms with Gasteiger partial charge in [0.2, 0.25) is 5.91 Å². The Kier molecular flexibility index (Phi) is 5.83. The van der Waals surface area contributed by atoms with Gasteiger partial charge in [-0.25, -0.2) is 0 Å². The van der Waals surface area contributed by atoms with Gasteiger partial charge in [0.25, 0.3) is 0 Å². The monoisotopic (exact) mass is 270 g/mol. The number of nitrogens with one attached hydrogen (secondary N) is 1. The third-order valence-electron chi connectivity index (χ3n) is 4.14. The van der Waals surface area contributed by atoms with Crippen LogP contribution in [0.3, 0.4) is 0 Å². The normalized spacial score (nSPS) is 25.3. The first-order valence-electron chi connectivity index (χ1n) is 7.38. The van der Waals surface area contributed by atoms with E-state index in [2.05, 4.69) is 17.1 Å². The molecule has 0 aromatic rings. The molecule has 2 fully saturated rings. The van der Waals surface area contributed by atoms with Crippen molar-refractivity contribution in [3.05, 3.63) is 0 Å².